The van der Waals surface area contributed by atoms with Crippen LogP contribution in [0.5, 0.6) is 0 Å². The zero-order valence-electron chi connectivity index (χ0n) is 15.8. The SMILES string of the molecule is Cc1nc(NCCO)nc(Nc2ncc(C(=O)Nc3c(C)cccc3C)s2)n1. The molecule has 0 fully saturated rings. The van der Waals surface area contributed by atoms with E-state index in [1.165, 1.54) is 17.5 Å². The first kappa shape index (κ1) is 19.6. The first-order valence-corrected chi connectivity index (χ1v) is 9.45. The highest BCUT2D eigenvalue weighted by atomic mass is 32.1. The average Bonchev–Trinajstić information content (AvgIpc) is 3.11. The fraction of sp³-hybridized carbons (Fsp3) is 0.278. The Hall–Kier alpha value is -3.11. The molecule has 10 heteroatoms. The van der Waals surface area contributed by atoms with Gasteiger partial charge in [-0.15, -0.1) is 0 Å². The van der Waals surface area contributed by atoms with E-state index in [4.69, 9.17) is 5.11 Å². The van der Waals surface area contributed by atoms with Crippen molar-refractivity contribution in [3.63, 3.8) is 0 Å². The molecule has 2 heterocycles. The molecular weight excluding hydrogens is 378 g/mol. The van der Waals surface area contributed by atoms with E-state index in [2.05, 4.69) is 35.9 Å². The van der Waals surface area contributed by atoms with Gasteiger partial charge in [0.2, 0.25) is 11.9 Å². The summed E-state index contributed by atoms with van der Waals surface area (Å²) in [5.74, 6) is 0.958. The molecule has 0 aliphatic carbocycles. The normalized spacial score (nSPS) is 10.6. The summed E-state index contributed by atoms with van der Waals surface area (Å²) in [4.78, 5) is 29.8. The second kappa shape index (κ2) is 8.72. The van der Waals surface area contributed by atoms with Crippen LogP contribution in [0.25, 0.3) is 0 Å². The van der Waals surface area contributed by atoms with Gasteiger partial charge in [0.05, 0.1) is 12.8 Å². The van der Waals surface area contributed by atoms with Crippen LogP contribution >= 0.6 is 11.3 Å². The Balaban J connectivity index is 1.72. The molecule has 0 aliphatic heterocycles. The quantitative estimate of drug-likeness (QED) is 0.478. The molecule has 3 aromatic rings. The van der Waals surface area contributed by atoms with Crippen molar-refractivity contribution in [2.75, 3.05) is 29.1 Å². The number of anilines is 4. The van der Waals surface area contributed by atoms with Crippen LogP contribution in [0.15, 0.2) is 24.4 Å². The van der Waals surface area contributed by atoms with Crippen molar-refractivity contribution in [2.45, 2.75) is 20.8 Å². The van der Waals surface area contributed by atoms with E-state index >= 15 is 0 Å². The highest BCUT2D eigenvalue weighted by Gasteiger charge is 2.14. The average molecular weight is 399 g/mol. The van der Waals surface area contributed by atoms with Gasteiger partial charge in [0.25, 0.3) is 5.91 Å². The molecule has 0 unspecified atom stereocenters. The molecule has 9 nitrogen and oxygen atoms in total. The Kier molecular flexibility index (Phi) is 6.12. The van der Waals surface area contributed by atoms with E-state index in [1.54, 1.807) is 6.92 Å². The zero-order chi connectivity index (χ0) is 20.1. The Morgan fingerprint density at radius 2 is 1.82 bits per heavy atom. The van der Waals surface area contributed by atoms with E-state index in [9.17, 15) is 4.79 Å². The predicted octanol–water partition coefficient (Wildman–Crippen LogP) is 2.65. The Morgan fingerprint density at radius 3 is 2.54 bits per heavy atom. The molecule has 0 radical (unpaired) electrons. The van der Waals surface area contributed by atoms with Crippen LogP contribution in [0.2, 0.25) is 0 Å². The van der Waals surface area contributed by atoms with Crippen LogP contribution in [0.3, 0.4) is 0 Å². The molecule has 146 valence electrons. The number of aryl methyl sites for hydroxylation is 3. The number of nitrogens with zero attached hydrogens (tertiary/aromatic N) is 4. The van der Waals surface area contributed by atoms with Gasteiger partial charge >= 0.3 is 0 Å². The molecule has 3 rings (SSSR count). The minimum Gasteiger partial charge on any atom is -0.395 e. The van der Waals surface area contributed by atoms with Gasteiger partial charge in [-0.2, -0.15) is 15.0 Å². The van der Waals surface area contributed by atoms with E-state index in [-0.39, 0.29) is 12.5 Å². The number of aromatic nitrogens is 4. The fourth-order valence-electron chi connectivity index (χ4n) is 2.50. The number of benzene rings is 1. The number of hydrogen-bond acceptors (Lipinski definition) is 9. The van der Waals surface area contributed by atoms with Gasteiger partial charge < -0.3 is 15.7 Å². The van der Waals surface area contributed by atoms with Crippen molar-refractivity contribution in [3.8, 4) is 0 Å². The van der Waals surface area contributed by atoms with Crippen molar-refractivity contribution in [1.29, 1.82) is 0 Å². The summed E-state index contributed by atoms with van der Waals surface area (Å²) >= 11 is 1.20. The number of nitrogens with one attached hydrogen (secondary N) is 3. The molecule has 0 saturated heterocycles. The molecular formula is C18H21N7O2S. The summed E-state index contributed by atoms with van der Waals surface area (Å²) in [6, 6.07) is 5.86. The maximum absolute atomic E-state index is 12.6. The predicted molar refractivity (Wildman–Crippen MR) is 109 cm³/mol. The van der Waals surface area contributed by atoms with E-state index < -0.39 is 0 Å². The molecule has 1 amide bonds. The highest BCUT2D eigenvalue weighted by molar-refractivity contribution is 7.17. The number of hydrogen-bond donors (Lipinski definition) is 4. The van der Waals surface area contributed by atoms with Gasteiger partial charge in [-0.3, -0.25) is 10.1 Å². The lowest BCUT2D eigenvalue weighted by Crippen LogP contribution is -2.12. The van der Waals surface area contributed by atoms with E-state index in [0.29, 0.717) is 34.3 Å². The second-order valence-electron chi connectivity index (χ2n) is 6.06. The molecule has 0 aliphatic rings. The second-order valence-corrected chi connectivity index (χ2v) is 7.09. The third-order valence-corrected chi connectivity index (χ3v) is 4.72. The molecule has 2 aromatic heterocycles. The maximum atomic E-state index is 12.6. The van der Waals surface area contributed by atoms with Crippen LogP contribution in [0, 0.1) is 20.8 Å². The van der Waals surface area contributed by atoms with E-state index in [1.807, 2.05) is 32.0 Å². The van der Waals surface area contributed by atoms with Crippen molar-refractivity contribution in [3.05, 3.63) is 46.2 Å². The van der Waals surface area contributed by atoms with Gasteiger partial charge in [0.1, 0.15) is 10.7 Å². The molecule has 1 aromatic carbocycles. The molecule has 28 heavy (non-hydrogen) atoms. The number of thiazole rings is 1. The summed E-state index contributed by atoms with van der Waals surface area (Å²) < 4.78 is 0. The van der Waals surface area contributed by atoms with Gasteiger partial charge in [0, 0.05) is 12.2 Å². The van der Waals surface area contributed by atoms with Crippen molar-refractivity contribution in [2.24, 2.45) is 0 Å². The third-order valence-electron chi connectivity index (χ3n) is 3.81. The minimum atomic E-state index is -0.222. The number of aliphatic hydroxyl groups excluding tert-OH is 1. The number of rotatable bonds is 7. The lowest BCUT2D eigenvalue weighted by atomic mass is 10.1. The Labute approximate surface area is 166 Å². The summed E-state index contributed by atoms with van der Waals surface area (Å²) in [7, 11) is 0. The van der Waals surface area contributed by atoms with E-state index in [0.717, 1.165) is 16.8 Å². The van der Waals surface area contributed by atoms with Crippen LogP contribution in [-0.4, -0.2) is 44.1 Å². The number of para-hydroxylation sites is 1. The van der Waals surface area contributed by atoms with Crippen LogP contribution in [-0.2, 0) is 0 Å². The summed E-state index contributed by atoms with van der Waals surface area (Å²) in [6.45, 7) is 5.95. The summed E-state index contributed by atoms with van der Waals surface area (Å²) in [6.07, 6.45) is 1.51. The minimum absolute atomic E-state index is 0.0290. The molecule has 0 atom stereocenters. The number of aliphatic hydroxyl groups is 1. The number of carbonyl (C=O) groups excluding carboxylic acids is 1. The number of carbonyl (C=O) groups is 1. The van der Waals surface area contributed by atoms with Gasteiger partial charge in [-0.05, 0) is 31.9 Å². The van der Waals surface area contributed by atoms with Crippen molar-refractivity contribution in [1.82, 2.24) is 19.9 Å². The van der Waals surface area contributed by atoms with Crippen LogP contribution in [0.4, 0.5) is 22.7 Å². The van der Waals surface area contributed by atoms with Gasteiger partial charge in [-0.1, -0.05) is 29.5 Å². The standard InChI is InChI=1S/C18H21N7O2S/c1-10-5-4-6-11(2)14(10)23-15(27)13-9-20-18(28-13)25-17-22-12(3)21-16(24-17)19-7-8-26/h4-6,9,26H,7-8H2,1-3H3,(H,23,27)(H2,19,20,21,22,24,25). The van der Waals surface area contributed by atoms with Gasteiger partial charge in [-0.25, -0.2) is 4.98 Å². The maximum Gasteiger partial charge on any atom is 0.267 e. The first-order chi connectivity index (χ1) is 13.5. The summed E-state index contributed by atoms with van der Waals surface area (Å²) in [5.41, 5.74) is 2.81. The molecule has 4 N–H and O–H groups in total. The Bertz CT molecular complexity index is 970. The highest BCUT2D eigenvalue weighted by Crippen LogP contribution is 2.24. The lowest BCUT2D eigenvalue weighted by molar-refractivity contribution is 0.103. The van der Waals surface area contributed by atoms with Gasteiger partial charge in [0.15, 0.2) is 5.13 Å². The van der Waals surface area contributed by atoms with Crippen molar-refractivity contribution >= 4 is 40.0 Å². The van der Waals surface area contributed by atoms with Crippen molar-refractivity contribution < 1.29 is 9.90 Å². The molecule has 0 bridgehead atoms. The van der Waals surface area contributed by atoms with Crippen LogP contribution < -0.4 is 16.0 Å². The smallest absolute Gasteiger partial charge is 0.267 e. The largest absolute Gasteiger partial charge is 0.395 e. The topological polar surface area (TPSA) is 125 Å². The van der Waals surface area contributed by atoms with Crippen LogP contribution in [0.1, 0.15) is 26.6 Å². The zero-order valence-corrected chi connectivity index (χ0v) is 16.6. The summed E-state index contributed by atoms with van der Waals surface area (Å²) in [5, 5.41) is 18.2. The monoisotopic (exact) mass is 399 g/mol. The first-order valence-electron chi connectivity index (χ1n) is 8.64. The number of amides is 1. The third kappa shape index (κ3) is 4.78. The fourth-order valence-corrected chi connectivity index (χ4v) is 3.21. The Morgan fingerprint density at radius 1 is 1.11 bits per heavy atom. The molecule has 0 spiro atoms. The molecule has 0 saturated carbocycles. The lowest BCUT2D eigenvalue weighted by Gasteiger charge is -2.10.